The Morgan fingerprint density at radius 2 is 2.18 bits per heavy atom. The van der Waals surface area contributed by atoms with Crippen LogP contribution in [0.3, 0.4) is 0 Å². The molecule has 0 aromatic carbocycles. The van der Waals surface area contributed by atoms with E-state index in [1.807, 2.05) is 7.05 Å². The molecule has 92 valence electrons. The lowest BCUT2D eigenvalue weighted by Crippen LogP contribution is -2.21. The molecule has 0 aliphatic carbocycles. The summed E-state index contributed by atoms with van der Waals surface area (Å²) in [6.45, 7) is 5.51. The molecule has 0 aliphatic rings. The molecule has 0 fully saturated rings. The topological polar surface area (TPSA) is 24.9 Å². The summed E-state index contributed by atoms with van der Waals surface area (Å²) in [4.78, 5) is 6.05. The number of aromatic nitrogens is 1. The summed E-state index contributed by atoms with van der Waals surface area (Å²) in [7, 11) is 2.00. The predicted molar refractivity (Wildman–Crippen MR) is 76.9 cm³/mol. The first kappa shape index (κ1) is 12.7. The van der Waals surface area contributed by atoms with Gasteiger partial charge < -0.3 is 5.32 Å². The number of thiazole rings is 1. The summed E-state index contributed by atoms with van der Waals surface area (Å²) in [5, 5.41) is 8.78. The number of nitrogens with zero attached hydrogens (tertiary/aromatic N) is 1. The van der Waals surface area contributed by atoms with Crippen LogP contribution in [0, 0.1) is 5.92 Å². The van der Waals surface area contributed by atoms with Crippen molar-refractivity contribution in [3.8, 4) is 10.6 Å². The molecule has 2 nitrogen and oxygen atoms in total. The Balaban J connectivity index is 2.22. The number of likely N-dealkylation sites (N-methyl/N-ethyl adjacent to an activating group) is 1. The third-order valence-corrected chi connectivity index (χ3v) is 4.71. The standard InChI is InChI=1S/C13H18N2S2/c1-9(2)10(7-14-3)13-15-11(8-17-13)12-5-4-6-16-12/h4-6,8-10,14H,7H2,1-3H3. The van der Waals surface area contributed by atoms with E-state index in [4.69, 9.17) is 4.98 Å². The first-order valence-corrected chi connectivity index (χ1v) is 7.62. The van der Waals surface area contributed by atoms with E-state index >= 15 is 0 Å². The molecule has 17 heavy (non-hydrogen) atoms. The van der Waals surface area contributed by atoms with Crippen LogP contribution in [0.4, 0.5) is 0 Å². The minimum Gasteiger partial charge on any atom is -0.319 e. The number of hydrogen-bond donors (Lipinski definition) is 1. The van der Waals surface area contributed by atoms with Crippen LogP contribution < -0.4 is 5.32 Å². The zero-order chi connectivity index (χ0) is 12.3. The minimum atomic E-state index is 0.513. The summed E-state index contributed by atoms with van der Waals surface area (Å²) < 4.78 is 0. The molecule has 2 rings (SSSR count). The van der Waals surface area contributed by atoms with Gasteiger partial charge in [0, 0.05) is 17.8 Å². The Hall–Kier alpha value is -0.710. The summed E-state index contributed by atoms with van der Waals surface area (Å²) in [6.07, 6.45) is 0. The highest BCUT2D eigenvalue weighted by Crippen LogP contribution is 2.31. The van der Waals surface area contributed by atoms with Crippen molar-refractivity contribution in [3.63, 3.8) is 0 Å². The Kier molecular flexibility index (Phi) is 4.31. The highest BCUT2D eigenvalue weighted by Gasteiger charge is 2.19. The Labute approximate surface area is 111 Å². The normalized spacial score (nSPS) is 13.2. The van der Waals surface area contributed by atoms with Crippen LogP contribution >= 0.6 is 22.7 Å². The van der Waals surface area contributed by atoms with Crippen LogP contribution in [0.25, 0.3) is 10.6 Å². The van der Waals surface area contributed by atoms with Gasteiger partial charge >= 0.3 is 0 Å². The van der Waals surface area contributed by atoms with Gasteiger partial charge in [-0.2, -0.15) is 0 Å². The van der Waals surface area contributed by atoms with E-state index in [0.29, 0.717) is 11.8 Å². The fraction of sp³-hybridized carbons (Fsp3) is 0.462. The number of nitrogens with one attached hydrogen (secondary N) is 1. The van der Waals surface area contributed by atoms with Crippen molar-refractivity contribution in [3.05, 3.63) is 27.9 Å². The lowest BCUT2D eigenvalue weighted by atomic mass is 9.96. The van der Waals surface area contributed by atoms with Gasteiger partial charge in [-0.1, -0.05) is 19.9 Å². The quantitative estimate of drug-likeness (QED) is 0.889. The largest absolute Gasteiger partial charge is 0.319 e. The second kappa shape index (κ2) is 5.76. The molecule has 1 N–H and O–H groups in total. The second-order valence-electron chi connectivity index (χ2n) is 4.46. The van der Waals surface area contributed by atoms with Crippen LogP contribution in [-0.4, -0.2) is 18.6 Å². The molecule has 4 heteroatoms. The maximum atomic E-state index is 4.78. The fourth-order valence-electron chi connectivity index (χ4n) is 1.82. The van der Waals surface area contributed by atoms with Gasteiger partial charge in [-0.05, 0) is 24.4 Å². The summed E-state index contributed by atoms with van der Waals surface area (Å²) >= 11 is 3.53. The molecular formula is C13H18N2S2. The third-order valence-electron chi connectivity index (χ3n) is 2.84. The van der Waals surface area contributed by atoms with E-state index < -0.39 is 0 Å². The third kappa shape index (κ3) is 2.94. The van der Waals surface area contributed by atoms with Gasteiger partial charge in [0.1, 0.15) is 0 Å². The number of thiophene rings is 1. The molecule has 2 aromatic heterocycles. The molecule has 0 amide bonds. The van der Waals surface area contributed by atoms with Crippen molar-refractivity contribution in [2.75, 3.05) is 13.6 Å². The van der Waals surface area contributed by atoms with Crippen LogP contribution in [0.1, 0.15) is 24.8 Å². The lowest BCUT2D eigenvalue weighted by Gasteiger charge is -2.17. The first-order chi connectivity index (χ1) is 8.22. The molecule has 0 saturated carbocycles. The number of hydrogen-bond acceptors (Lipinski definition) is 4. The predicted octanol–water partition coefficient (Wildman–Crippen LogP) is 3.83. The van der Waals surface area contributed by atoms with E-state index in [1.165, 1.54) is 9.88 Å². The number of rotatable bonds is 5. The van der Waals surface area contributed by atoms with E-state index in [9.17, 15) is 0 Å². The molecule has 2 heterocycles. The van der Waals surface area contributed by atoms with Crippen molar-refractivity contribution in [2.24, 2.45) is 5.92 Å². The van der Waals surface area contributed by atoms with Gasteiger partial charge in [-0.3, -0.25) is 0 Å². The fourth-order valence-corrected chi connectivity index (χ4v) is 3.68. The van der Waals surface area contributed by atoms with E-state index in [0.717, 1.165) is 12.2 Å². The zero-order valence-corrected chi connectivity index (χ0v) is 12.1. The van der Waals surface area contributed by atoms with E-state index in [2.05, 4.69) is 42.1 Å². The smallest absolute Gasteiger partial charge is 0.0979 e. The molecule has 0 radical (unpaired) electrons. The van der Waals surface area contributed by atoms with Crippen LogP contribution in [-0.2, 0) is 0 Å². The van der Waals surface area contributed by atoms with Crippen molar-refractivity contribution >= 4 is 22.7 Å². The van der Waals surface area contributed by atoms with Crippen molar-refractivity contribution in [1.82, 2.24) is 10.3 Å². The lowest BCUT2D eigenvalue weighted by molar-refractivity contribution is 0.477. The van der Waals surface area contributed by atoms with Crippen LogP contribution in [0.15, 0.2) is 22.9 Å². The molecule has 2 aromatic rings. The van der Waals surface area contributed by atoms with Crippen LogP contribution in [0.2, 0.25) is 0 Å². The van der Waals surface area contributed by atoms with Gasteiger partial charge in [0.15, 0.2) is 0 Å². The summed E-state index contributed by atoms with van der Waals surface area (Å²) in [5.41, 5.74) is 1.13. The first-order valence-electron chi connectivity index (χ1n) is 5.86. The molecular weight excluding hydrogens is 248 g/mol. The van der Waals surface area contributed by atoms with Gasteiger partial charge in [0.05, 0.1) is 15.6 Å². The Morgan fingerprint density at radius 3 is 2.76 bits per heavy atom. The van der Waals surface area contributed by atoms with Crippen molar-refractivity contribution in [1.29, 1.82) is 0 Å². The monoisotopic (exact) mass is 266 g/mol. The van der Waals surface area contributed by atoms with Gasteiger partial charge in [0.2, 0.25) is 0 Å². The molecule has 0 saturated heterocycles. The SMILES string of the molecule is CNCC(c1nc(-c2cccs2)cs1)C(C)C. The van der Waals surface area contributed by atoms with Crippen LogP contribution in [0.5, 0.6) is 0 Å². The molecule has 1 unspecified atom stereocenters. The Morgan fingerprint density at radius 1 is 1.35 bits per heavy atom. The average molecular weight is 266 g/mol. The highest BCUT2D eigenvalue weighted by atomic mass is 32.1. The van der Waals surface area contributed by atoms with E-state index in [1.54, 1.807) is 22.7 Å². The average Bonchev–Trinajstić information content (AvgIpc) is 2.95. The van der Waals surface area contributed by atoms with Gasteiger partial charge in [-0.25, -0.2) is 4.98 Å². The minimum absolute atomic E-state index is 0.513. The second-order valence-corrected chi connectivity index (χ2v) is 6.29. The zero-order valence-electron chi connectivity index (χ0n) is 10.4. The maximum Gasteiger partial charge on any atom is 0.0979 e. The maximum absolute atomic E-state index is 4.78. The van der Waals surface area contributed by atoms with Crippen molar-refractivity contribution in [2.45, 2.75) is 19.8 Å². The summed E-state index contributed by atoms with van der Waals surface area (Å²) in [6, 6.07) is 4.21. The Bertz CT molecular complexity index is 446. The van der Waals surface area contributed by atoms with Gasteiger partial charge in [-0.15, -0.1) is 22.7 Å². The highest BCUT2D eigenvalue weighted by molar-refractivity contribution is 7.14. The molecule has 0 bridgehead atoms. The van der Waals surface area contributed by atoms with Crippen molar-refractivity contribution < 1.29 is 0 Å². The van der Waals surface area contributed by atoms with E-state index in [-0.39, 0.29) is 0 Å². The van der Waals surface area contributed by atoms with Gasteiger partial charge in [0.25, 0.3) is 0 Å². The molecule has 1 atom stereocenters. The molecule has 0 aliphatic heterocycles. The summed E-state index contributed by atoms with van der Waals surface area (Å²) in [5.74, 6) is 1.13. The molecule has 0 spiro atoms.